The summed E-state index contributed by atoms with van der Waals surface area (Å²) < 4.78 is 24.1. The van der Waals surface area contributed by atoms with Crippen molar-refractivity contribution in [3.63, 3.8) is 0 Å². The van der Waals surface area contributed by atoms with Crippen molar-refractivity contribution in [2.75, 3.05) is 0 Å². The third kappa shape index (κ3) is 39.9. The van der Waals surface area contributed by atoms with Crippen LogP contribution in [0.1, 0.15) is 0 Å². The van der Waals surface area contributed by atoms with Crippen molar-refractivity contribution in [2.45, 2.75) is 0 Å². The summed E-state index contributed by atoms with van der Waals surface area (Å²) in [5, 5.41) is 14.8. The van der Waals surface area contributed by atoms with Crippen LogP contribution >= 0.6 is 0 Å². The molecule has 0 rings (SSSR count). The van der Waals surface area contributed by atoms with E-state index in [-0.39, 0.29) is 29.6 Å². The minimum atomic E-state index is -2.86. The standard InChI is InChI=1S/C2H2O4.Na.H2O3S/c3-1(4)2(5)6;;1-4(2)3/h(H,3,4)(H,5,6);;(H2,1,2,3)/q;+1;/p-1. The van der Waals surface area contributed by atoms with E-state index in [1.165, 1.54) is 0 Å². The van der Waals surface area contributed by atoms with Crippen LogP contribution in [0, 0.1) is 0 Å². The summed E-state index contributed by atoms with van der Waals surface area (Å²) in [5.41, 5.74) is 0. The molecule has 0 saturated carbocycles. The quantitative estimate of drug-likeness (QED) is 0.201. The molecule has 0 aliphatic carbocycles. The second-order valence-corrected chi connectivity index (χ2v) is 1.26. The predicted octanol–water partition coefficient (Wildman–Crippen LogP) is -4.50. The molecule has 7 nitrogen and oxygen atoms in total. The Bertz CT molecular complexity index is 139. The molecule has 9 heteroatoms. The largest absolute Gasteiger partial charge is 1.00 e. The van der Waals surface area contributed by atoms with E-state index in [4.69, 9.17) is 33.1 Å². The molecule has 0 aromatic rings. The number of hydrogen-bond acceptors (Lipinski definition) is 4. The number of carboxylic acids is 2. The van der Waals surface area contributed by atoms with Gasteiger partial charge in [0.15, 0.2) is 0 Å². The van der Waals surface area contributed by atoms with Crippen molar-refractivity contribution >= 4 is 23.3 Å². The molecule has 11 heavy (non-hydrogen) atoms. The van der Waals surface area contributed by atoms with Crippen molar-refractivity contribution in [1.82, 2.24) is 0 Å². The fourth-order valence-electron chi connectivity index (χ4n) is 0. The molecule has 0 aliphatic heterocycles. The average Bonchev–Trinajstić information content (AvgIpc) is 1.63. The maximum absolute atomic E-state index is 9.10. The number of aliphatic carboxylic acids is 2. The number of rotatable bonds is 0. The summed E-state index contributed by atoms with van der Waals surface area (Å²) in [4.78, 5) is 18.2. The number of carboxylic acid groups (broad SMARTS) is 2. The second-order valence-electron chi connectivity index (χ2n) is 0.827. The van der Waals surface area contributed by atoms with Crippen LogP contribution in [0.25, 0.3) is 0 Å². The molecule has 0 fully saturated rings. The molecular weight excluding hydrogens is 191 g/mol. The van der Waals surface area contributed by atoms with Crippen LogP contribution in [0.2, 0.25) is 0 Å². The van der Waals surface area contributed by atoms with Crippen LogP contribution in [-0.2, 0) is 21.0 Å². The van der Waals surface area contributed by atoms with Crippen LogP contribution in [0.15, 0.2) is 0 Å². The van der Waals surface area contributed by atoms with Gasteiger partial charge in [-0.05, 0) is 0 Å². The molecule has 0 aromatic carbocycles. The first kappa shape index (κ1) is 17.2. The molecule has 0 spiro atoms. The Kier molecular flexibility index (Phi) is 15.6. The molecule has 0 bridgehead atoms. The Morgan fingerprint density at radius 3 is 1.27 bits per heavy atom. The SMILES string of the molecule is O=C(O)C(=O)O.O=S([O-])O.[Na+]. The topological polar surface area (TPSA) is 135 Å². The molecule has 0 radical (unpaired) electrons. The van der Waals surface area contributed by atoms with Crippen LogP contribution in [0.3, 0.4) is 0 Å². The summed E-state index contributed by atoms with van der Waals surface area (Å²) in [6.07, 6.45) is 0. The second kappa shape index (κ2) is 10.0. The van der Waals surface area contributed by atoms with Gasteiger partial charge >= 0.3 is 41.5 Å². The third-order valence-electron chi connectivity index (χ3n) is 0.183. The van der Waals surface area contributed by atoms with Gasteiger partial charge in [0.2, 0.25) is 0 Å². The van der Waals surface area contributed by atoms with Gasteiger partial charge in [-0.3, -0.25) is 0 Å². The molecule has 60 valence electrons. The van der Waals surface area contributed by atoms with E-state index >= 15 is 0 Å². The van der Waals surface area contributed by atoms with E-state index in [9.17, 15) is 0 Å². The molecule has 0 saturated heterocycles. The van der Waals surface area contributed by atoms with Gasteiger partial charge in [-0.25, -0.2) is 13.8 Å². The van der Waals surface area contributed by atoms with Crippen LogP contribution in [-0.4, -0.2) is 35.5 Å². The van der Waals surface area contributed by atoms with Gasteiger partial charge in [0.05, 0.1) is 11.4 Å². The Hall–Kier alpha value is 0.01000. The van der Waals surface area contributed by atoms with Gasteiger partial charge in [-0.2, -0.15) is 0 Å². The van der Waals surface area contributed by atoms with Gasteiger partial charge < -0.3 is 19.3 Å². The predicted molar refractivity (Wildman–Crippen MR) is 26.8 cm³/mol. The Morgan fingerprint density at radius 2 is 1.27 bits per heavy atom. The fourth-order valence-corrected chi connectivity index (χ4v) is 0. The first-order valence-corrected chi connectivity index (χ1v) is 2.65. The molecule has 3 N–H and O–H groups in total. The first-order chi connectivity index (χ1) is 4.37. The average molecular weight is 194 g/mol. The number of hydrogen-bond donors (Lipinski definition) is 3. The minimum Gasteiger partial charge on any atom is -0.750 e. The zero-order valence-corrected chi connectivity index (χ0v) is 8.20. The molecule has 0 aromatic heterocycles. The van der Waals surface area contributed by atoms with Crippen molar-refractivity contribution in [1.29, 1.82) is 0 Å². The van der Waals surface area contributed by atoms with Crippen molar-refractivity contribution < 1.29 is 62.7 Å². The molecule has 1 atom stereocenters. The van der Waals surface area contributed by atoms with Crippen LogP contribution in [0.5, 0.6) is 0 Å². The Balaban J connectivity index is -0.000000114. The monoisotopic (exact) mass is 194 g/mol. The smallest absolute Gasteiger partial charge is 0.750 e. The zero-order valence-electron chi connectivity index (χ0n) is 5.38. The van der Waals surface area contributed by atoms with E-state index in [0.29, 0.717) is 0 Å². The third-order valence-corrected chi connectivity index (χ3v) is 0.183. The van der Waals surface area contributed by atoms with Crippen LogP contribution in [0.4, 0.5) is 0 Å². The van der Waals surface area contributed by atoms with Crippen LogP contribution < -0.4 is 29.6 Å². The Labute approximate surface area is 85.8 Å². The summed E-state index contributed by atoms with van der Waals surface area (Å²) in [6, 6.07) is 0. The van der Waals surface area contributed by atoms with Gasteiger partial charge in [0, 0.05) is 0 Å². The van der Waals surface area contributed by atoms with Gasteiger partial charge in [-0.1, -0.05) is 0 Å². The summed E-state index contributed by atoms with van der Waals surface area (Å²) in [5.74, 6) is -3.65. The normalized spacial score (nSPS) is 9.64. The van der Waals surface area contributed by atoms with E-state index in [2.05, 4.69) is 0 Å². The maximum atomic E-state index is 9.10. The van der Waals surface area contributed by atoms with Crippen molar-refractivity contribution in [2.24, 2.45) is 0 Å². The van der Waals surface area contributed by atoms with Gasteiger partial charge in [0.25, 0.3) is 0 Å². The Morgan fingerprint density at radius 1 is 1.18 bits per heavy atom. The van der Waals surface area contributed by atoms with Crippen molar-refractivity contribution in [3.05, 3.63) is 0 Å². The molecule has 0 heterocycles. The molecular formula is C2H3NaO7S. The molecule has 0 aliphatic rings. The fraction of sp³-hybridized carbons (Fsp3) is 0. The van der Waals surface area contributed by atoms with Gasteiger partial charge in [0.1, 0.15) is 0 Å². The minimum absolute atomic E-state index is 0. The van der Waals surface area contributed by atoms with Gasteiger partial charge in [-0.15, -0.1) is 0 Å². The van der Waals surface area contributed by atoms with E-state index in [1.807, 2.05) is 0 Å². The maximum Gasteiger partial charge on any atom is 1.00 e. The van der Waals surface area contributed by atoms with Crippen molar-refractivity contribution in [3.8, 4) is 0 Å². The zero-order chi connectivity index (χ0) is 8.73. The molecule has 1 unspecified atom stereocenters. The first-order valence-electron chi connectivity index (χ1n) is 1.62. The molecule has 0 amide bonds. The summed E-state index contributed by atoms with van der Waals surface area (Å²) in [6.45, 7) is 0. The van der Waals surface area contributed by atoms with E-state index in [0.717, 1.165) is 0 Å². The van der Waals surface area contributed by atoms with E-state index < -0.39 is 23.3 Å². The number of carbonyl (C=O) groups is 2. The summed E-state index contributed by atoms with van der Waals surface area (Å²) >= 11 is -2.86. The van der Waals surface area contributed by atoms with E-state index in [1.54, 1.807) is 0 Å². The summed E-state index contributed by atoms with van der Waals surface area (Å²) in [7, 11) is 0.